The molecule has 1 saturated carbocycles. The minimum atomic E-state index is -5.12. The minimum Gasteiger partial charge on any atom is -0.480 e. The zero-order chi connectivity index (χ0) is 19.5. The third-order valence-corrected chi connectivity index (χ3v) is 5.39. The number of rotatable bonds is 3. The summed E-state index contributed by atoms with van der Waals surface area (Å²) in [6.07, 6.45) is -5.12. The Morgan fingerprint density at radius 1 is 1.20 bits per heavy atom. The molecule has 1 aliphatic carbocycles. The molecule has 1 saturated heterocycles. The van der Waals surface area contributed by atoms with Gasteiger partial charge in [-0.05, 0) is 16.7 Å². The van der Waals surface area contributed by atoms with Gasteiger partial charge in [-0.25, -0.2) is 4.79 Å². The number of nitrogens with one attached hydrogen (secondary N) is 1. The highest BCUT2D eigenvalue weighted by Gasteiger charge is 2.70. The number of amides is 2. The van der Waals surface area contributed by atoms with Crippen LogP contribution in [0.4, 0.5) is 13.2 Å². The van der Waals surface area contributed by atoms with Gasteiger partial charge in [-0.2, -0.15) is 13.2 Å². The number of alkyl halides is 3. The van der Waals surface area contributed by atoms with Crippen molar-refractivity contribution in [1.29, 1.82) is 0 Å². The first-order valence-corrected chi connectivity index (χ1v) is 8.01. The molecule has 2 unspecified atom stereocenters. The molecule has 2 aliphatic rings. The van der Waals surface area contributed by atoms with Crippen molar-refractivity contribution in [3.8, 4) is 0 Å². The van der Waals surface area contributed by atoms with Gasteiger partial charge in [0.15, 0.2) is 0 Å². The highest BCUT2D eigenvalue weighted by molar-refractivity contribution is 5.93. The Bertz CT molecular complexity index is 609. The molecule has 2 fully saturated rings. The maximum absolute atomic E-state index is 12.8. The van der Waals surface area contributed by atoms with Gasteiger partial charge >= 0.3 is 18.1 Å². The van der Waals surface area contributed by atoms with Crippen LogP contribution in [-0.4, -0.2) is 52.6 Å². The van der Waals surface area contributed by atoms with E-state index in [0.717, 1.165) is 4.90 Å². The molecule has 0 radical (unpaired) electrons. The molecule has 0 aromatic heterocycles. The van der Waals surface area contributed by atoms with E-state index in [1.165, 1.54) is 20.8 Å². The van der Waals surface area contributed by atoms with Crippen LogP contribution in [0.1, 0.15) is 34.6 Å². The second-order valence-corrected chi connectivity index (χ2v) is 8.50. The lowest BCUT2D eigenvalue weighted by Crippen LogP contribution is -2.59. The summed E-state index contributed by atoms with van der Waals surface area (Å²) in [5.74, 6) is -4.41. The molecule has 9 heteroatoms. The van der Waals surface area contributed by atoms with Gasteiger partial charge in [0.1, 0.15) is 12.1 Å². The summed E-state index contributed by atoms with van der Waals surface area (Å²) in [6.45, 7) is 8.54. The number of carboxylic acid groups (broad SMARTS) is 1. The van der Waals surface area contributed by atoms with Crippen LogP contribution in [-0.2, 0) is 14.4 Å². The molecule has 0 aromatic carbocycles. The van der Waals surface area contributed by atoms with Crippen molar-refractivity contribution in [3.05, 3.63) is 0 Å². The Labute approximate surface area is 143 Å². The van der Waals surface area contributed by atoms with Crippen LogP contribution in [0.5, 0.6) is 0 Å². The summed E-state index contributed by atoms with van der Waals surface area (Å²) in [6, 6.07) is -2.55. The number of nitrogens with zero attached hydrogens (tertiary/aromatic N) is 1. The number of likely N-dealkylation sites (tertiary alicyclic amines) is 1. The number of hydrogen-bond donors (Lipinski definition) is 2. The van der Waals surface area contributed by atoms with Crippen molar-refractivity contribution < 1.29 is 32.7 Å². The maximum atomic E-state index is 12.8. The van der Waals surface area contributed by atoms with Gasteiger partial charge in [0.25, 0.3) is 0 Å². The third-order valence-electron chi connectivity index (χ3n) is 5.39. The van der Waals surface area contributed by atoms with E-state index in [2.05, 4.69) is 0 Å². The predicted molar refractivity (Wildman–Crippen MR) is 81.3 cm³/mol. The number of piperidine rings is 1. The molecule has 142 valence electrons. The summed E-state index contributed by atoms with van der Waals surface area (Å²) < 4.78 is 37.7. The topological polar surface area (TPSA) is 86.7 Å². The summed E-state index contributed by atoms with van der Waals surface area (Å²) in [5, 5.41) is 11.2. The number of fused-ring (bicyclic) bond motifs is 1. The fourth-order valence-corrected chi connectivity index (χ4v) is 3.82. The van der Waals surface area contributed by atoms with Crippen LogP contribution in [0, 0.1) is 22.7 Å². The molecule has 0 spiro atoms. The fourth-order valence-electron chi connectivity index (χ4n) is 3.82. The molecule has 1 heterocycles. The van der Waals surface area contributed by atoms with Crippen LogP contribution in [0.3, 0.4) is 0 Å². The standard InChI is InChI=1S/C16H23F3N2O4/c1-14(2,3)10(20-13(25)16(17,18)19)11(22)21-6-7-8(15(7,4)5)9(21)12(23)24/h7-10H,6H2,1-5H3,(H,20,25)(H,23,24)/t7?,8-,9-,10?/m0/s1. The first-order chi connectivity index (χ1) is 11.1. The summed E-state index contributed by atoms with van der Waals surface area (Å²) in [7, 11) is 0. The molecule has 6 nitrogen and oxygen atoms in total. The van der Waals surface area contributed by atoms with E-state index in [0.29, 0.717) is 0 Å². The van der Waals surface area contributed by atoms with Crippen LogP contribution >= 0.6 is 0 Å². The van der Waals surface area contributed by atoms with Crippen LogP contribution in [0.25, 0.3) is 0 Å². The number of carbonyl (C=O) groups is 3. The van der Waals surface area contributed by atoms with Crippen molar-refractivity contribution in [2.75, 3.05) is 6.54 Å². The maximum Gasteiger partial charge on any atom is 0.471 e. The second-order valence-electron chi connectivity index (χ2n) is 8.50. The largest absolute Gasteiger partial charge is 0.480 e. The fraction of sp³-hybridized carbons (Fsp3) is 0.812. The Balaban J connectivity index is 2.26. The van der Waals surface area contributed by atoms with E-state index >= 15 is 0 Å². The average molecular weight is 364 g/mol. The zero-order valence-electron chi connectivity index (χ0n) is 14.8. The van der Waals surface area contributed by atoms with Crippen LogP contribution < -0.4 is 5.32 Å². The Morgan fingerprint density at radius 3 is 2.12 bits per heavy atom. The normalized spacial score (nSPS) is 29.0. The zero-order valence-corrected chi connectivity index (χ0v) is 14.8. The molecule has 1 aliphatic heterocycles. The molecular formula is C16H23F3N2O4. The van der Waals surface area contributed by atoms with Crippen LogP contribution in [0.2, 0.25) is 0 Å². The average Bonchev–Trinajstić information content (AvgIpc) is 2.82. The summed E-state index contributed by atoms with van der Waals surface area (Å²) >= 11 is 0. The number of halogens is 3. The lowest BCUT2D eigenvalue weighted by atomic mass is 9.85. The summed E-state index contributed by atoms with van der Waals surface area (Å²) in [4.78, 5) is 36.9. The van der Waals surface area contributed by atoms with E-state index in [4.69, 9.17) is 0 Å². The van der Waals surface area contributed by atoms with Gasteiger partial charge in [-0.3, -0.25) is 9.59 Å². The lowest BCUT2D eigenvalue weighted by molar-refractivity contribution is -0.176. The number of carbonyl (C=O) groups excluding carboxylic acids is 2. The molecule has 25 heavy (non-hydrogen) atoms. The number of hydrogen-bond acceptors (Lipinski definition) is 3. The molecule has 0 bridgehead atoms. The quantitative estimate of drug-likeness (QED) is 0.797. The number of carboxylic acids is 1. The molecule has 4 atom stereocenters. The lowest BCUT2D eigenvalue weighted by Gasteiger charge is -2.36. The highest BCUT2D eigenvalue weighted by Crippen LogP contribution is 2.65. The Morgan fingerprint density at radius 2 is 1.72 bits per heavy atom. The van der Waals surface area contributed by atoms with Gasteiger partial charge in [-0.1, -0.05) is 34.6 Å². The predicted octanol–water partition coefficient (Wildman–Crippen LogP) is 1.65. The van der Waals surface area contributed by atoms with Gasteiger partial charge in [-0.15, -0.1) is 0 Å². The highest BCUT2D eigenvalue weighted by atomic mass is 19.4. The smallest absolute Gasteiger partial charge is 0.471 e. The van der Waals surface area contributed by atoms with Gasteiger partial charge < -0.3 is 15.3 Å². The van der Waals surface area contributed by atoms with E-state index in [9.17, 15) is 32.7 Å². The van der Waals surface area contributed by atoms with E-state index < -0.39 is 41.5 Å². The monoisotopic (exact) mass is 364 g/mol. The molecule has 0 aromatic rings. The molecule has 2 amide bonds. The van der Waals surface area contributed by atoms with Crippen LogP contribution in [0.15, 0.2) is 0 Å². The van der Waals surface area contributed by atoms with Gasteiger partial charge in [0, 0.05) is 12.5 Å². The Hall–Kier alpha value is -1.80. The third kappa shape index (κ3) is 3.32. The molecule has 2 rings (SSSR count). The molecular weight excluding hydrogens is 341 g/mol. The first-order valence-electron chi connectivity index (χ1n) is 8.01. The van der Waals surface area contributed by atoms with E-state index in [-0.39, 0.29) is 23.8 Å². The Kier molecular flexibility index (Phi) is 4.38. The van der Waals surface area contributed by atoms with Crippen molar-refractivity contribution in [1.82, 2.24) is 10.2 Å². The second kappa shape index (κ2) is 5.60. The SMILES string of the molecule is CC(C)(C)C(NC(=O)C(F)(F)F)C(=O)N1CC2[C@@H]([C@H]1C(=O)O)C2(C)C. The van der Waals surface area contributed by atoms with Gasteiger partial charge in [0.2, 0.25) is 5.91 Å². The van der Waals surface area contributed by atoms with Gasteiger partial charge in [0.05, 0.1) is 0 Å². The van der Waals surface area contributed by atoms with E-state index in [1.807, 2.05) is 13.8 Å². The molecule has 2 N–H and O–H groups in total. The first kappa shape index (κ1) is 19.5. The van der Waals surface area contributed by atoms with E-state index in [1.54, 1.807) is 5.32 Å². The number of aliphatic carboxylic acids is 1. The van der Waals surface area contributed by atoms with Crippen molar-refractivity contribution >= 4 is 17.8 Å². The summed E-state index contributed by atoms with van der Waals surface area (Å²) in [5.41, 5.74) is -1.23. The van der Waals surface area contributed by atoms with Crippen molar-refractivity contribution in [2.24, 2.45) is 22.7 Å². The van der Waals surface area contributed by atoms with Crippen molar-refractivity contribution in [2.45, 2.75) is 52.9 Å². The minimum absolute atomic E-state index is 0.00325. The van der Waals surface area contributed by atoms with Crippen molar-refractivity contribution in [3.63, 3.8) is 0 Å².